The monoisotopic (exact) mass is 302 g/mol. The van der Waals surface area contributed by atoms with Gasteiger partial charge in [-0.2, -0.15) is 0 Å². The van der Waals surface area contributed by atoms with E-state index in [-0.39, 0.29) is 16.6 Å². The van der Waals surface area contributed by atoms with Gasteiger partial charge in [0.05, 0.1) is 5.69 Å². The number of hydrogen-bond donors (Lipinski definition) is 0. The highest BCUT2D eigenvalue weighted by molar-refractivity contribution is 7.08. The Kier molecular flexibility index (Phi) is 4.02. The van der Waals surface area contributed by atoms with Crippen molar-refractivity contribution in [1.29, 1.82) is 0 Å². The second-order valence-corrected chi connectivity index (χ2v) is 8.11. The molecule has 0 amide bonds. The third kappa shape index (κ3) is 3.38. The molecule has 3 nitrogen and oxygen atoms in total. The fraction of sp³-hybridized carbons (Fsp3) is 0.471. The van der Waals surface area contributed by atoms with Crippen molar-refractivity contribution in [2.45, 2.75) is 52.4 Å². The van der Waals surface area contributed by atoms with E-state index in [4.69, 9.17) is 0 Å². The Morgan fingerprint density at radius 1 is 0.952 bits per heavy atom. The number of aromatic nitrogens is 2. The first-order chi connectivity index (χ1) is 9.60. The molecule has 0 unspecified atom stereocenters. The minimum absolute atomic E-state index is 0.00961. The summed E-state index contributed by atoms with van der Waals surface area (Å²) in [5.41, 5.74) is 2.60. The maximum Gasteiger partial charge on any atom is 0.206 e. The van der Waals surface area contributed by atoms with Crippen molar-refractivity contribution in [3.63, 3.8) is 0 Å². The number of carbonyl (C=O) groups excluding carboxylic acids is 1. The summed E-state index contributed by atoms with van der Waals surface area (Å²) < 4.78 is 3.96. The Labute approximate surface area is 130 Å². The quantitative estimate of drug-likeness (QED) is 0.774. The SMILES string of the molecule is CC(C)(C)c1ccc(C(=O)c2snnc2C(C)(C)C)cc1. The molecular weight excluding hydrogens is 280 g/mol. The van der Waals surface area contributed by atoms with E-state index in [1.165, 1.54) is 17.1 Å². The van der Waals surface area contributed by atoms with Crippen LogP contribution in [0.2, 0.25) is 0 Å². The zero-order valence-corrected chi connectivity index (χ0v) is 14.3. The first-order valence-corrected chi connectivity index (χ1v) is 7.86. The number of carbonyl (C=O) groups is 1. The molecule has 0 fully saturated rings. The number of rotatable bonds is 2. The minimum Gasteiger partial charge on any atom is -0.288 e. The van der Waals surface area contributed by atoms with Crippen LogP contribution in [0.1, 0.15) is 68.0 Å². The lowest BCUT2D eigenvalue weighted by molar-refractivity contribution is 0.104. The maximum atomic E-state index is 12.7. The van der Waals surface area contributed by atoms with Crippen LogP contribution in [-0.4, -0.2) is 15.4 Å². The highest BCUT2D eigenvalue weighted by Crippen LogP contribution is 2.28. The van der Waals surface area contributed by atoms with Gasteiger partial charge in [-0.3, -0.25) is 4.79 Å². The lowest BCUT2D eigenvalue weighted by Crippen LogP contribution is -2.17. The van der Waals surface area contributed by atoms with Crippen LogP contribution in [0, 0.1) is 0 Å². The predicted molar refractivity (Wildman–Crippen MR) is 87.2 cm³/mol. The third-order valence-corrected chi connectivity index (χ3v) is 4.14. The maximum absolute atomic E-state index is 12.7. The molecule has 2 rings (SSSR count). The van der Waals surface area contributed by atoms with Crippen LogP contribution in [0.3, 0.4) is 0 Å². The summed E-state index contributed by atoms with van der Waals surface area (Å²) in [6, 6.07) is 7.85. The lowest BCUT2D eigenvalue weighted by Gasteiger charge is -2.19. The van der Waals surface area contributed by atoms with Gasteiger partial charge >= 0.3 is 0 Å². The summed E-state index contributed by atoms with van der Waals surface area (Å²) >= 11 is 1.18. The summed E-state index contributed by atoms with van der Waals surface area (Å²) in [6.45, 7) is 12.6. The van der Waals surface area contributed by atoms with Gasteiger partial charge in [-0.1, -0.05) is 70.3 Å². The van der Waals surface area contributed by atoms with Crippen LogP contribution in [0.4, 0.5) is 0 Å². The first kappa shape index (κ1) is 15.8. The zero-order valence-electron chi connectivity index (χ0n) is 13.5. The highest BCUT2D eigenvalue weighted by atomic mass is 32.1. The molecule has 1 aromatic heterocycles. The molecule has 0 aliphatic carbocycles. The van der Waals surface area contributed by atoms with Crippen LogP contribution < -0.4 is 0 Å². The number of ketones is 1. The van der Waals surface area contributed by atoms with Crippen LogP contribution >= 0.6 is 11.5 Å². The first-order valence-electron chi connectivity index (χ1n) is 7.09. The van der Waals surface area contributed by atoms with E-state index >= 15 is 0 Å². The van der Waals surface area contributed by atoms with E-state index in [0.29, 0.717) is 10.4 Å². The minimum atomic E-state index is -0.177. The summed E-state index contributed by atoms with van der Waals surface area (Å²) in [5, 5.41) is 4.14. The molecule has 0 aliphatic rings. The Bertz CT molecular complexity index is 643. The topological polar surface area (TPSA) is 42.9 Å². The van der Waals surface area contributed by atoms with Gasteiger partial charge in [-0.05, 0) is 22.5 Å². The molecule has 0 atom stereocenters. The standard InChI is InChI=1S/C17H22N2OS/c1-16(2,3)12-9-7-11(8-10-12)13(20)14-15(17(4,5)6)18-19-21-14/h7-10H,1-6H3. The Hall–Kier alpha value is -1.55. The molecule has 0 saturated carbocycles. The van der Waals surface area contributed by atoms with Gasteiger partial charge in [-0.15, -0.1) is 5.10 Å². The van der Waals surface area contributed by atoms with Crippen LogP contribution in [-0.2, 0) is 10.8 Å². The third-order valence-electron chi connectivity index (χ3n) is 3.42. The largest absolute Gasteiger partial charge is 0.288 e. The molecule has 1 aromatic carbocycles. The van der Waals surface area contributed by atoms with Crippen molar-refractivity contribution in [3.8, 4) is 0 Å². The summed E-state index contributed by atoms with van der Waals surface area (Å²) in [5.74, 6) is 0.00961. The lowest BCUT2D eigenvalue weighted by atomic mass is 9.86. The smallest absolute Gasteiger partial charge is 0.206 e. The summed E-state index contributed by atoms with van der Waals surface area (Å²) in [7, 11) is 0. The van der Waals surface area contributed by atoms with Gasteiger partial charge in [-0.25, -0.2) is 0 Å². The molecule has 0 radical (unpaired) electrons. The van der Waals surface area contributed by atoms with Gasteiger partial charge in [0.25, 0.3) is 0 Å². The average molecular weight is 302 g/mol. The zero-order chi connectivity index (χ0) is 15.8. The molecular formula is C17H22N2OS. The van der Waals surface area contributed by atoms with Gasteiger partial charge in [0.1, 0.15) is 4.88 Å². The van der Waals surface area contributed by atoms with Gasteiger partial charge < -0.3 is 0 Å². The molecule has 1 heterocycles. The molecule has 2 aromatic rings. The van der Waals surface area contributed by atoms with Crippen LogP contribution in [0.15, 0.2) is 24.3 Å². The predicted octanol–water partition coefficient (Wildman–Crippen LogP) is 4.36. The van der Waals surface area contributed by atoms with Gasteiger partial charge in [0.15, 0.2) is 0 Å². The van der Waals surface area contributed by atoms with E-state index < -0.39 is 0 Å². The van der Waals surface area contributed by atoms with Crippen LogP contribution in [0.5, 0.6) is 0 Å². The molecule has 0 saturated heterocycles. The molecule has 0 bridgehead atoms. The van der Waals surface area contributed by atoms with E-state index in [9.17, 15) is 4.79 Å². The fourth-order valence-corrected chi connectivity index (χ4v) is 2.92. The number of hydrogen-bond acceptors (Lipinski definition) is 4. The second kappa shape index (κ2) is 5.34. The Balaban J connectivity index is 2.36. The Morgan fingerprint density at radius 2 is 1.52 bits per heavy atom. The average Bonchev–Trinajstić information content (AvgIpc) is 2.86. The molecule has 0 N–H and O–H groups in total. The number of nitrogens with zero attached hydrogens (tertiary/aromatic N) is 2. The van der Waals surface area contributed by atoms with E-state index in [1.807, 2.05) is 45.0 Å². The molecule has 21 heavy (non-hydrogen) atoms. The molecule has 4 heteroatoms. The fourth-order valence-electron chi connectivity index (χ4n) is 2.08. The van der Waals surface area contributed by atoms with E-state index in [0.717, 1.165) is 5.69 Å². The van der Waals surface area contributed by atoms with Crippen molar-refractivity contribution < 1.29 is 4.79 Å². The van der Waals surface area contributed by atoms with Crippen molar-refractivity contribution in [2.75, 3.05) is 0 Å². The van der Waals surface area contributed by atoms with Crippen molar-refractivity contribution in [3.05, 3.63) is 46.0 Å². The van der Waals surface area contributed by atoms with Crippen molar-refractivity contribution in [2.24, 2.45) is 0 Å². The van der Waals surface area contributed by atoms with Gasteiger partial charge in [0, 0.05) is 11.0 Å². The van der Waals surface area contributed by atoms with Gasteiger partial charge in [0.2, 0.25) is 5.78 Å². The van der Waals surface area contributed by atoms with Crippen molar-refractivity contribution in [1.82, 2.24) is 9.59 Å². The molecule has 112 valence electrons. The summed E-state index contributed by atoms with van der Waals surface area (Å²) in [6.07, 6.45) is 0. The molecule has 0 spiro atoms. The highest BCUT2D eigenvalue weighted by Gasteiger charge is 2.27. The second-order valence-electron chi connectivity index (χ2n) is 7.36. The summed E-state index contributed by atoms with van der Waals surface area (Å²) in [4.78, 5) is 13.3. The van der Waals surface area contributed by atoms with E-state index in [2.05, 4.69) is 30.4 Å². The Morgan fingerprint density at radius 3 is 2.00 bits per heavy atom. The number of benzene rings is 1. The van der Waals surface area contributed by atoms with Crippen LogP contribution in [0.25, 0.3) is 0 Å². The molecule has 0 aliphatic heterocycles. The normalized spacial score (nSPS) is 12.5. The van der Waals surface area contributed by atoms with Crippen molar-refractivity contribution >= 4 is 17.3 Å². The van der Waals surface area contributed by atoms with E-state index in [1.54, 1.807) is 0 Å².